The molecule has 1 unspecified atom stereocenters. The van der Waals surface area contributed by atoms with Crippen molar-refractivity contribution in [1.29, 1.82) is 0 Å². The minimum atomic E-state index is 0. The summed E-state index contributed by atoms with van der Waals surface area (Å²) in [6.07, 6.45) is 0.333. The molecule has 0 amide bonds. The van der Waals surface area contributed by atoms with Gasteiger partial charge in [0.15, 0.2) is 0 Å². The molecular weight excluding hydrogens is 2440 g/mol. The van der Waals surface area contributed by atoms with Crippen molar-refractivity contribution in [3.8, 4) is 0 Å². The third-order valence-electron chi connectivity index (χ3n) is 0.402. The van der Waals surface area contributed by atoms with Crippen LogP contribution in [0.4, 0.5) is 0 Å². The van der Waals surface area contributed by atoms with Crippen molar-refractivity contribution in [3.05, 3.63) is 6.92 Å². The topological polar surface area (TPSA) is 12.5 Å². The molecule has 1 nitrogen and oxygen atoms in total. The van der Waals surface area contributed by atoms with Crippen LogP contribution in [0.1, 0.15) is 0 Å². The Kier molecular flexibility index (Phi) is 418. The zero-order valence-corrected chi connectivity index (χ0v) is 45.8. The van der Waals surface area contributed by atoms with Crippen LogP contribution in [0.15, 0.2) is 0 Å². The maximum Gasteiger partial charge on any atom is 0.0414 e. The Morgan fingerprint density at radius 2 is 0.588 bits per heavy atom. The van der Waals surface area contributed by atoms with Gasteiger partial charge < -0.3 is 11.7 Å². The second-order valence-corrected chi connectivity index (χ2v) is 0.955. The second kappa shape index (κ2) is 73.6. The van der Waals surface area contributed by atoms with E-state index >= 15 is 0 Å². The van der Waals surface area contributed by atoms with Crippen LogP contribution in [0.5, 0.6) is 0 Å². The van der Waals surface area contributed by atoms with E-state index in [2.05, 4.69) is 11.7 Å². The molecule has 0 aliphatic carbocycles. The number of hydrogen-bond acceptors (Lipinski definition) is 1. The van der Waals surface area contributed by atoms with E-state index < -0.39 is 0 Å². The molecule has 0 spiro atoms. The zero-order chi connectivity index (χ0) is 2.99. The first-order valence-electron chi connectivity index (χ1n) is 1.34. The van der Waals surface area contributed by atoms with E-state index in [-0.39, 0.29) is 274 Å². The minimum Gasteiger partial charge on any atom is -0.408 e. The summed E-state index contributed by atoms with van der Waals surface area (Å²) in [6, 6.07) is 0. The van der Waals surface area contributed by atoms with E-state index in [9.17, 15) is 0 Å². The van der Waals surface area contributed by atoms with Crippen LogP contribution in [0.2, 0.25) is 0 Å². The Morgan fingerprint density at radius 3 is 0.588 bits per heavy atom. The fourth-order valence-electron chi connectivity index (χ4n) is 0.0680. The van der Waals surface area contributed by atoms with E-state index in [1.54, 1.807) is 0 Å². The summed E-state index contributed by atoms with van der Waals surface area (Å²) in [5.74, 6) is 0. The van der Waals surface area contributed by atoms with E-state index in [0.29, 0.717) is 6.10 Å². The molecule has 102 valence electrons. The van der Waals surface area contributed by atoms with Gasteiger partial charge in [-0.05, 0) is 6.10 Å². The molecule has 1 heterocycles. The summed E-state index contributed by atoms with van der Waals surface area (Å²) in [5, 5.41) is 0. The molecule has 1 atom stereocenters. The van der Waals surface area contributed by atoms with Gasteiger partial charge in [-0.25, -0.2) is 0 Å². The molecule has 1 fully saturated rings. The van der Waals surface area contributed by atoms with Gasteiger partial charge in [-0.15, -0.1) is 0 Å². The van der Waals surface area contributed by atoms with Gasteiger partial charge in [-0.1, -0.05) is 0 Å². The van der Waals surface area contributed by atoms with Gasteiger partial charge in [0.25, 0.3) is 0 Å². The average molecular weight is 2450 g/mol. The van der Waals surface area contributed by atoms with E-state index in [1.807, 2.05) is 0 Å². The Labute approximate surface area is 291 Å². The molecule has 1 aliphatic rings. The summed E-state index contributed by atoms with van der Waals surface area (Å²) >= 11 is 0. The normalized spacial score (nSPS) is 9.35. The van der Waals surface area contributed by atoms with Crippen LogP contribution in [-0.4, -0.2) is 12.7 Å². The summed E-state index contributed by atoms with van der Waals surface area (Å²) in [4.78, 5) is 0. The monoisotopic (exact) mass is 2450 g/mol. The summed E-state index contributed by atoms with van der Waals surface area (Å²) < 4.78 is 4.60. The maximum absolute atomic E-state index is 4.60. The molecule has 1 aliphatic heterocycles. The van der Waals surface area contributed by atoms with Gasteiger partial charge in [0.2, 0.25) is 0 Å². The minimum absolute atomic E-state index is 0. The number of ether oxygens (including phenoxy) is 1. The van der Waals surface area contributed by atoms with Crippen molar-refractivity contribution >= 4 is 0 Å². The smallest absolute Gasteiger partial charge is 0.0414 e. The van der Waals surface area contributed by atoms with Crippen LogP contribution in [0, 0.1) is 6.92 Å². The van der Waals surface area contributed by atoms with Gasteiger partial charge in [0.05, 0.1) is 0 Å². The Hall–Kier alpha value is 8.91. The van der Waals surface area contributed by atoms with Crippen molar-refractivity contribution in [2.24, 2.45) is 0 Å². The molecule has 17 heavy (non-hydrogen) atoms. The van der Waals surface area contributed by atoms with Crippen LogP contribution in [0.3, 0.4) is 0 Å². The number of hydrogen-bond donors (Lipinski definition) is 0. The van der Waals surface area contributed by atoms with Gasteiger partial charge in [-0.2, -0.15) is 0 Å². The van der Waals surface area contributed by atoms with E-state index in [1.165, 1.54) is 0 Å². The molecule has 1 saturated heterocycles. The Bertz CT molecular complexity index is 35.8. The quantitative estimate of drug-likeness (QED) is 0.250. The molecule has 1 rings (SSSR count). The first kappa shape index (κ1) is 96.5. The first-order chi connectivity index (χ1) is 1.89. The molecule has 0 aromatic heterocycles. The number of epoxide rings is 1. The standard InChI is InChI=1S/C3H5O.13W/c1-3-2-4-3;;;;;;;;;;;;;/h3H,1-2H2;;;;;;;;;;;;;/q-1;;;;;;;;;;;;;. The Balaban J connectivity index is -0.00000000112. The SMILES string of the molecule is [CH2-]C1CO1.[W].[W].[W].[W].[W].[W].[W].[W].[W].[W].[W].[W].[W]. The fraction of sp³-hybridized carbons (Fsp3) is 0.667. The number of rotatable bonds is 0. The van der Waals surface area contributed by atoms with Crippen molar-refractivity contribution < 1.29 is 279 Å². The Morgan fingerprint density at radius 1 is 0.529 bits per heavy atom. The largest absolute Gasteiger partial charge is 0.408 e. The van der Waals surface area contributed by atoms with E-state index in [4.69, 9.17) is 0 Å². The molecule has 0 saturated carbocycles. The summed E-state index contributed by atoms with van der Waals surface area (Å²) in [5.41, 5.74) is 0. The third kappa shape index (κ3) is 92.2. The van der Waals surface area contributed by atoms with Crippen LogP contribution >= 0.6 is 0 Å². The van der Waals surface area contributed by atoms with Crippen LogP contribution in [0.25, 0.3) is 0 Å². The van der Waals surface area contributed by atoms with Crippen molar-refractivity contribution in [1.82, 2.24) is 0 Å². The van der Waals surface area contributed by atoms with Crippen molar-refractivity contribution in [2.45, 2.75) is 6.10 Å². The molecular formula is C3H5OW13-. The molecule has 0 radical (unpaired) electrons. The second-order valence-electron chi connectivity index (χ2n) is 0.955. The molecule has 0 aromatic carbocycles. The fourth-order valence-corrected chi connectivity index (χ4v) is 0.0680. The average Bonchev–Trinajstić information content (AvgIpc) is 1.75. The maximum atomic E-state index is 4.60. The zero-order valence-electron chi connectivity index (χ0n) is 7.71. The first-order valence-corrected chi connectivity index (χ1v) is 1.34. The third-order valence-corrected chi connectivity index (χ3v) is 0.402. The summed E-state index contributed by atoms with van der Waals surface area (Å²) in [7, 11) is 0. The molecule has 0 N–H and O–H groups in total. The van der Waals surface area contributed by atoms with Crippen LogP contribution in [-0.2, 0) is 279 Å². The molecule has 14 heteroatoms. The van der Waals surface area contributed by atoms with Gasteiger partial charge >= 0.3 is 0 Å². The van der Waals surface area contributed by atoms with E-state index in [0.717, 1.165) is 6.61 Å². The van der Waals surface area contributed by atoms with Crippen molar-refractivity contribution in [2.75, 3.05) is 6.61 Å². The van der Waals surface area contributed by atoms with Crippen LogP contribution < -0.4 is 0 Å². The molecule has 0 bridgehead atoms. The van der Waals surface area contributed by atoms with Gasteiger partial charge in [0, 0.05) is 280 Å². The summed E-state index contributed by atoms with van der Waals surface area (Å²) in [6.45, 7) is 4.40. The predicted molar refractivity (Wildman–Crippen MR) is 15.1 cm³/mol. The van der Waals surface area contributed by atoms with Gasteiger partial charge in [0.1, 0.15) is 0 Å². The predicted octanol–water partition coefficient (Wildman–Crippen LogP) is 0.187. The van der Waals surface area contributed by atoms with Gasteiger partial charge in [-0.3, -0.25) is 0 Å². The molecule has 0 aromatic rings. The van der Waals surface area contributed by atoms with Crippen molar-refractivity contribution in [3.63, 3.8) is 0 Å².